The lowest BCUT2D eigenvalue weighted by Gasteiger charge is -2.41. The number of nitrogens with zero attached hydrogens (tertiary/aromatic N) is 2. The fourth-order valence-corrected chi connectivity index (χ4v) is 3.91. The summed E-state index contributed by atoms with van der Waals surface area (Å²) in [7, 11) is 3.62. The van der Waals surface area contributed by atoms with E-state index in [9.17, 15) is 4.79 Å². The van der Waals surface area contributed by atoms with E-state index in [2.05, 4.69) is 29.0 Å². The Kier molecular flexibility index (Phi) is 6.14. The van der Waals surface area contributed by atoms with Gasteiger partial charge in [0.1, 0.15) is 11.2 Å². The van der Waals surface area contributed by atoms with Crippen molar-refractivity contribution in [2.24, 2.45) is 13.0 Å². The lowest BCUT2D eigenvalue weighted by Crippen LogP contribution is -2.43. The highest BCUT2D eigenvalue weighted by atomic mass is 16.6. The molecule has 2 aromatic rings. The number of hydrogen-bond acceptors (Lipinski definition) is 4. The Labute approximate surface area is 173 Å². The van der Waals surface area contributed by atoms with Crippen LogP contribution < -0.4 is 0 Å². The SMILES string of the molecule is COC1(C#Cc2nccn2C)CC[C@@H](C(=O)OC(C)(C)C)[C@H](c2ccccc2)C1. The van der Waals surface area contributed by atoms with Gasteiger partial charge >= 0.3 is 5.97 Å². The minimum atomic E-state index is -0.620. The number of hydrogen-bond donors (Lipinski definition) is 0. The third-order valence-electron chi connectivity index (χ3n) is 5.45. The van der Waals surface area contributed by atoms with Gasteiger partial charge in [0.05, 0.1) is 5.92 Å². The minimum Gasteiger partial charge on any atom is -0.460 e. The molecule has 1 aromatic carbocycles. The molecule has 0 spiro atoms. The summed E-state index contributed by atoms with van der Waals surface area (Å²) in [6.45, 7) is 5.72. The summed E-state index contributed by atoms with van der Waals surface area (Å²) < 4.78 is 13.6. The van der Waals surface area contributed by atoms with Crippen molar-refractivity contribution in [1.82, 2.24) is 9.55 Å². The first kappa shape index (κ1) is 21.1. The molecule has 0 N–H and O–H groups in total. The van der Waals surface area contributed by atoms with Crippen molar-refractivity contribution in [3.8, 4) is 11.8 Å². The zero-order chi connectivity index (χ0) is 21.1. The normalized spacial score (nSPS) is 24.4. The van der Waals surface area contributed by atoms with E-state index < -0.39 is 11.2 Å². The van der Waals surface area contributed by atoms with Crippen LogP contribution in [0.25, 0.3) is 0 Å². The second kappa shape index (κ2) is 8.42. The van der Waals surface area contributed by atoms with Gasteiger partial charge in [-0.2, -0.15) is 0 Å². The van der Waals surface area contributed by atoms with Crippen LogP contribution in [0.2, 0.25) is 0 Å². The Hall–Kier alpha value is -2.58. The molecule has 0 saturated heterocycles. The molecular formula is C24H30N2O3. The molecule has 1 fully saturated rings. The predicted molar refractivity (Wildman–Crippen MR) is 112 cm³/mol. The first-order chi connectivity index (χ1) is 13.7. The molecule has 154 valence electrons. The highest BCUT2D eigenvalue weighted by Crippen LogP contribution is 2.45. The minimum absolute atomic E-state index is 0.0181. The number of aromatic nitrogens is 2. The zero-order valence-corrected chi connectivity index (χ0v) is 17.9. The van der Waals surface area contributed by atoms with E-state index in [0.29, 0.717) is 25.1 Å². The lowest BCUT2D eigenvalue weighted by atomic mass is 9.69. The van der Waals surface area contributed by atoms with E-state index in [-0.39, 0.29) is 17.8 Å². The molecular weight excluding hydrogens is 364 g/mol. The summed E-state index contributed by atoms with van der Waals surface area (Å²) in [4.78, 5) is 17.3. The van der Waals surface area contributed by atoms with E-state index in [4.69, 9.17) is 9.47 Å². The molecule has 5 heteroatoms. The number of methoxy groups -OCH3 is 1. The molecule has 29 heavy (non-hydrogen) atoms. The van der Waals surface area contributed by atoms with E-state index in [1.807, 2.05) is 56.8 Å². The van der Waals surface area contributed by atoms with E-state index >= 15 is 0 Å². The van der Waals surface area contributed by atoms with Gasteiger partial charge in [0.15, 0.2) is 5.82 Å². The highest BCUT2D eigenvalue weighted by molar-refractivity contribution is 5.74. The van der Waals surface area contributed by atoms with E-state index in [1.165, 1.54) is 0 Å². The van der Waals surface area contributed by atoms with Crippen molar-refractivity contribution >= 4 is 5.97 Å². The Morgan fingerprint density at radius 1 is 1.28 bits per heavy atom. The molecule has 0 amide bonds. The average Bonchev–Trinajstić information content (AvgIpc) is 3.10. The monoisotopic (exact) mass is 394 g/mol. The maximum absolute atomic E-state index is 13.0. The van der Waals surface area contributed by atoms with E-state index in [1.54, 1.807) is 13.3 Å². The maximum atomic E-state index is 13.0. The predicted octanol–water partition coefficient (Wildman–Crippen LogP) is 4.08. The fourth-order valence-electron chi connectivity index (χ4n) is 3.91. The van der Waals surface area contributed by atoms with Gasteiger partial charge in [-0.3, -0.25) is 4.79 Å². The molecule has 1 aromatic heterocycles. The summed E-state index contributed by atoms with van der Waals surface area (Å²) in [6, 6.07) is 10.1. The zero-order valence-electron chi connectivity index (χ0n) is 17.9. The largest absolute Gasteiger partial charge is 0.460 e. The second-order valence-corrected chi connectivity index (χ2v) is 8.71. The third kappa shape index (κ3) is 5.07. The van der Waals surface area contributed by atoms with Crippen molar-refractivity contribution in [3.63, 3.8) is 0 Å². The van der Waals surface area contributed by atoms with Crippen molar-refractivity contribution in [2.75, 3.05) is 7.11 Å². The van der Waals surface area contributed by atoms with Crippen LogP contribution in [-0.4, -0.2) is 33.8 Å². The van der Waals surface area contributed by atoms with Gasteiger partial charge in [-0.15, -0.1) is 0 Å². The molecule has 1 aliphatic rings. The number of benzene rings is 1. The molecule has 3 rings (SSSR count). The Balaban J connectivity index is 1.92. The van der Waals surface area contributed by atoms with Crippen molar-refractivity contribution in [2.45, 2.75) is 57.2 Å². The van der Waals surface area contributed by atoms with Crippen LogP contribution in [0.15, 0.2) is 42.7 Å². The summed E-state index contributed by atoms with van der Waals surface area (Å²) in [6.07, 6.45) is 5.58. The van der Waals surface area contributed by atoms with Crippen LogP contribution in [0.3, 0.4) is 0 Å². The summed E-state index contributed by atoms with van der Waals surface area (Å²) >= 11 is 0. The van der Waals surface area contributed by atoms with Gasteiger partial charge in [-0.25, -0.2) is 4.98 Å². The quantitative estimate of drug-likeness (QED) is 0.581. The van der Waals surface area contributed by atoms with Crippen molar-refractivity contribution < 1.29 is 14.3 Å². The number of ether oxygens (including phenoxy) is 2. The van der Waals surface area contributed by atoms with Gasteiger partial charge in [0.25, 0.3) is 0 Å². The van der Waals surface area contributed by atoms with Gasteiger partial charge in [0, 0.05) is 32.5 Å². The number of aryl methyl sites for hydroxylation is 1. The number of carbonyl (C=O) groups is 1. The summed E-state index contributed by atoms with van der Waals surface area (Å²) in [5.41, 5.74) is -0.0137. The fraction of sp³-hybridized carbons (Fsp3) is 0.500. The van der Waals surface area contributed by atoms with Gasteiger partial charge in [-0.05, 0) is 51.5 Å². The number of esters is 1. The second-order valence-electron chi connectivity index (χ2n) is 8.71. The molecule has 0 aliphatic heterocycles. The first-order valence-corrected chi connectivity index (χ1v) is 10.1. The van der Waals surface area contributed by atoms with Gasteiger partial charge < -0.3 is 14.0 Å². The van der Waals surface area contributed by atoms with E-state index in [0.717, 1.165) is 5.56 Å². The van der Waals surface area contributed by atoms with Gasteiger partial charge in [0.2, 0.25) is 0 Å². The average molecular weight is 395 g/mol. The smallest absolute Gasteiger partial charge is 0.310 e. The van der Waals surface area contributed by atoms with Crippen molar-refractivity contribution in [3.05, 3.63) is 54.1 Å². The molecule has 1 unspecified atom stereocenters. The summed E-state index contributed by atoms with van der Waals surface area (Å²) in [5, 5.41) is 0. The molecule has 0 radical (unpaired) electrons. The third-order valence-corrected chi connectivity index (χ3v) is 5.45. The van der Waals surface area contributed by atoms with Crippen molar-refractivity contribution in [1.29, 1.82) is 0 Å². The molecule has 3 atom stereocenters. The number of imidazole rings is 1. The molecule has 1 heterocycles. The standard InChI is InChI=1S/C24H30N2O3/c1-23(2,3)29-22(27)19-11-13-24(28-5,14-12-21-25-15-16-26(21)4)17-20(19)18-9-7-6-8-10-18/h6-10,15-16,19-20H,11,13,17H2,1-5H3/t19-,20+,24?/m1/s1. The number of carbonyl (C=O) groups excluding carboxylic acids is 1. The topological polar surface area (TPSA) is 53.4 Å². The Bertz CT molecular complexity index is 901. The van der Waals surface area contributed by atoms with Crippen LogP contribution >= 0.6 is 0 Å². The van der Waals surface area contributed by atoms with Crippen LogP contribution in [0.5, 0.6) is 0 Å². The Morgan fingerprint density at radius 3 is 2.59 bits per heavy atom. The molecule has 0 bridgehead atoms. The molecule has 1 saturated carbocycles. The molecule has 5 nitrogen and oxygen atoms in total. The summed E-state index contributed by atoms with van der Waals surface area (Å²) in [5.74, 6) is 6.82. The number of rotatable bonds is 3. The van der Waals surface area contributed by atoms with Crippen LogP contribution in [0.1, 0.15) is 57.3 Å². The molecule has 1 aliphatic carbocycles. The van der Waals surface area contributed by atoms with Crippen LogP contribution in [0.4, 0.5) is 0 Å². The first-order valence-electron chi connectivity index (χ1n) is 10.1. The maximum Gasteiger partial charge on any atom is 0.310 e. The van der Waals surface area contributed by atoms with Gasteiger partial charge in [-0.1, -0.05) is 36.3 Å². The van der Waals surface area contributed by atoms with Crippen LogP contribution in [0, 0.1) is 17.8 Å². The lowest BCUT2D eigenvalue weighted by molar-refractivity contribution is -0.163. The van der Waals surface area contributed by atoms with Crippen LogP contribution in [-0.2, 0) is 21.3 Å². The Morgan fingerprint density at radius 2 is 2.00 bits per heavy atom. The highest BCUT2D eigenvalue weighted by Gasteiger charge is 2.45.